The number of benzene rings is 2. The molecule has 2 aromatic carbocycles. The van der Waals surface area contributed by atoms with Gasteiger partial charge in [-0.15, -0.1) is 0 Å². The zero-order valence-corrected chi connectivity index (χ0v) is 16.7. The van der Waals surface area contributed by atoms with Crippen molar-refractivity contribution in [1.82, 2.24) is 27.2 Å². The SMILES string of the molecule is NS(=O)(=O)c1c(Cl)ccc(-c2ccc(C3CCNCC3)cc2)c1C1NNNN1. The Kier molecular flexibility index (Phi) is 5.68. The highest BCUT2D eigenvalue weighted by Crippen LogP contribution is 2.37. The standard InChI is InChI=1S/C18H23ClN6O2S/c19-15-6-5-14(16(17(15)28(20,26)27)18-22-24-25-23-18)13-3-1-11(2-4-13)12-7-9-21-10-8-12/h1-6,12,18,21-25H,7-10H2,(H2,20,26,27). The van der Waals surface area contributed by atoms with Crippen LogP contribution in [-0.2, 0) is 10.0 Å². The van der Waals surface area contributed by atoms with E-state index in [2.05, 4.69) is 39.4 Å². The van der Waals surface area contributed by atoms with Crippen molar-refractivity contribution >= 4 is 21.6 Å². The van der Waals surface area contributed by atoms with Gasteiger partial charge in [0, 0.05) is 5.56 Å². The van der Waals surface area contributed by atoms with E-state index in [1.54, 1.807) is 6.07 Å². The van der Waals surface area contributed by atoms with Crippen molar-refractivity contribution in [3.63, 3.8) is 0 Å². The van der Waals surface area contributed by atoms with Crippen LogP contribution in [0.4, 0.5) is 0 Å². The first-order valence-electron chi connectivity index (χ1n) is 9.12. The minimum absolute atomic E-state index is 0.0862. The maximum absolute atomic E-state index is 12.3. The lowest BCUT2D eigenvalue weighted by molar-refractivity contribution is 0.460. The van der Waals surface area contributed by atoms with Gasteiger partial charge < -0.3 is 5.32 Å². The van der Waals surface area contributed by atoms with Crippen LogP contribution in [0.5, 0.6) is 0 Å². The van der Waals surface area contributed by atoms with E-state index in [0.29, 0.717) is 11.5 Å². The van der Waals surface area contributed by atoms with Gasteiger partial charge in [0.15, 0.2) is 0 Å². The lowest BCUT2D eigenvalue weighted by Crippen LogP contribution is -2.33. The third-order valence-electron chi connectivity index (χ3n) is 5.25. The third kappa shape index (κ3) is 3.93. The number of sulfonamides is 1. The van der Waals surface area contributed by atoms with E-state index in [-0.39, 0.29) is 9.92 Å². The maximum Gasteiger partial charge on any atom is 0.239 e. The average molecular weight is 423 g/mol. The van der Waals surface area contributed by atoms with Crippen molar-refractivity contribution in [2.24, 2.45) is 5.14 Å². The first-order chi connectivity index (χ1) is 13.4. The minimum atomic E-state index is -4.03. The highest BCUT2D eigenvalue weighted by molar-refractivity contribution is 7.89. The van der Waals surface area contributed by atoms with Crippen molar-refractivity contribution in [1.29, 1.82) is 0 Å². The van der Waals surface area contributed by atoms with Crippen LogP contribution in [0.15, 0.2) is 41.3 Å². The number of hydrogen-bond donors (Lipinski definition) is 6. The van der Waals surface area contributed by atoms with Crippen molar-refractivity contribution < 1.29 is 8.42 Å². The van der Waals surface area contributed by atoms with Gasteiger partial charge in [-0.3, -0.25) is 0 Å². The minimum Gasteiger partial charge on any atom is -0.317 e. The van der Waals surface area contributed by atoms with Crippen LogP contribution < -0.4 is 32.4 Å². The molecule has 2 aliphatic rings. The molecule has 2 fully saturated rings. The zero-order chi connectivity index (χ0) is 19.7. The van der Waals surface area contributed by atoms with Crippen LogP contribution in [0.25, 0.3) is 11.1 Å². The highest BCUT2D eigenvalue weighted by atomic mass is 35.5. The lowest BCUT2D eigenvalue weighted by atomic mass is 9.88. The number of nitrogens with two attached hydrogens (primary N) is 1. The number of primary sulfonamides is 1. The van der Waals surface area contributed by atoms with Crippen molar-refractivity contribution in [2.45, 2.75) is 29.8 Å². The molecule has 0 aliphatic carbocycles. The molecule has 150 valence electrons. The molecule has 28 heavy (non-hydrogen) atoms. The molecule has 0 unspecified atom stereocenters. The summed E-state index contributed by atoms with van der Waals surface area (Å²) in [6.07, 6.45) is 1.70. The number of rotatable bonds is 4. The van der Waals surface area contributed by atoms with Crippen LogP contribution in [0.2, 0.25) is 5.02 Å². The Bertz CT molecular complexity index is 955. The summed E-state index contributed by atoms with van der Waals surface area (Å²) in [4.78, 5) is -0.0930. The fourth-order valence-corrected chi connectivity index (χ4v) is 5.25. The first kappa shape index (κ1) is 19.7. The Morgan fingerprint density at radius 1 is 0.964 bits per heavy atom. The van der Waals surface area contributed by atoms with E-state index >= 15 is 0 Å². The smallest absolute Gasteiger partial charge is 0.239 e. The van der Waals surface area contributed by atoms with E-state index in [1.165, 1.54) is 5.56 Å². The second-order valence-electron chi connectivity index (χ2n) is 7.00. The molecule has 10 heteroatoms. The predicted octanol–water partition coefficient (Wildman–Crippen LogP) is 1.24. The average Bonchev–Trinajstić information content (AvgIpc) is 3.22. The summed E-state index contributed by atoms with van der Waals surface area (Å²) in [5, 5.41) is 8.95. The second kappa shape index (κ2) is 8.05. The summed E-state index contributed by atoms with van der Waals surface area (Å²) in [6.45, 7) is 2.06. The molecule has 2 saturated heterocycles. The summed E-state index contributed by atoms with van der Waals surface area (Å²) in [6, 6.07) is 11.7. The molecule has 0 saturated carbocycles. The monoisotopic (exact) mass is 422 g/mol. The molecule has 7 N–H and O–H groups in total. The highest BCUT2D eigenvalue weighted by Gasteiger charge is 2.29. The van der Waals surface area contributed by atoms with E-state index in [1.807, 2.05) is 18.2 Å². The number of hydrazine groups is 3. The van der Waals surface area contributed by atoms with Crippen molar-refractivity contribution in [3.05, 3.63) is 52.5 Å². The van der Waals surface area contributed by atoms with Crippen LogP contribution in [0.1, 0.15) is 36.1 Å². The maximum atomic E-state index is 12.3. The number of nitrogens with one attached hydrogen (secondary N) is 5. The van der Waals surface area contributed by atoms with E-state index in [9.17, 15) is 8.42 Å². The van der Waals surface area contributed by atoms with Crippen molar-refractivity contribution in [3.8, 4) is 11.1 Å². The zero-order valence-electron chi connectivity index (χ0n) is 15.1. The Labute approximate surface area is 169 Å². The van der Waals surface area contributed by atoms with Gasteiger partial charge in [-0.25, -0.2) is 24.4 Å². The summed E-state index contributed by atoms with van der Waals surface area (Å²) in [7, 11) is -4.03. The lowest BCUT2D eigenvalue weighted by Gasteiger charge is -2.23. The molecule has 0 aromatic heterocycles. The number of piperidine rings is 1. The number of hydrogen-bond acceptors (Lipinski definition) is 7. The molecule has 2 aromatic rings. The molecule has 4 rings (SSSR count). The molecule has 0 radical (unpaired) electrons. The summed E-state index contributed by atoms with van der Waals surface area (Å²) in [5.41, 5.74) is 14.7. The number of halogens is 1. The molecule has 0 bridgehead atoms. The van der Waals surface area contributed by atoms with Crippen LogP contribution in [-0.4, -0.2) is 21.5 Å². The van der Waals surface area contributed by atoms with Crippen LogP contribution in [0.3, 0.4) is 0 Å². The van der Waals surface area contributed by atoms with E-state index < -0.39 is 16.2 Å². The Hall–Kier alpha value is -1.56. The van der Waals surface area contributed by atoms with Gasteiger partial charge in [-0.1, -0.05) is 41.9 Å². The van der Waals surface area contributed by atoms with Crippen molar-refractivity contribution in [2.75, 3.05) is 13.1 Å². The van der Waals surface area contributed by atoms with E-state index in [0.717, 1.165) is 37.1 Å². The third-order valence-corrected chi connectivity index (χ3v) is 6.68. The van der Waals surface area contributed by atoms with Gasteiger partial charge in [-0.2, -0.15) is 11.1 Å². The predicted molar refractivity (Wildman–Crippen MR) is 108 cm³/mol. The topological polar surface area (TPSA) is 120 Å². The largest absolute Gasteiger partial charge is 0.317 e. The fourth-order valence-electron chi connectivity index (χ4n) is 3.89. The molecule has 8 nitrogen and oxygen atoms in total. The van der Waals surface area contributed by atoms with Gasteiger partial charge >= 0.3 is 0 Å². The Morgan fingerprint density at radius 2 is 1.61 bits per heavy atom. The summed E-state index contributed by atoms with van der Waals surface area (Å²) < 4.78 is 24.5. The summed E-state index contributed by atoms with van der Waals surface area (Å²) in [5.74, 6) is 0.548. The molecular formula is C18H23ClN6O2S. The van der Waals surface area contributed by atoms with Gasteiger partial charge in [0.25, 0.3) is 0 Å². The van der Waals surface area contributed by atoms with Gasteiger partial charge in [0.2, 0.25) is 10.0 Å². The van der Waals surface area contributed by atoms with Gasteiger partial charge in [-0.05, 0) is 54.6 Å². The molecular weight excluding hydrogens is 400 g/mol. The molecule has 0 amide bonds. The van der Waals surface area contributed by atoms with Gasteiger partial charge in [0.05, 0.1) is 5.02 Å². The molecule has 2 heterocycles. The Balaban J connectivity index is 1.78. The normalized spacial score (nSPS) is 19.2. The van der Waals surface area contributed by atoms with E-state index in [4.69, 9.17) is 16.7 Å². The van der Waals surface area contributed by atoms with Crippen LogP contribution in [0, 0.1) is 0 Å². The summed E-state index contributed by atoms with van der Waals surface area (Å²) >= 11 is 6.22. The first-order valence-corrected chi connectivity index (χ1v) is 11.0. The molecule has 0 spiro atoms. The quantitative estimate of drug-likeness (QED) is 0.438. The molecule has 0 atom stereocenters. The fraction of sp³-hybridized carbons (Fsp3) is 0.333. The van der Waals surface area contributed by atoms with Gasteiger partial charge in [0.1, 0.15) is 11.1 Å². The Morgan fingerprint density at radius 3 is 2.21 bits per heavy atom. The second-order valence-corrected chi connectivity index (χ2v) is 8.91. The van der Waals surface area contributed by atoms with Crippen LogP contribution >= 0.6 is 11.6 Å². The molecule has 2 aliphatic heterocycles.